The van der Waals surface area contributed by atoms with E-state index in [4.69, 9.17) is 0 Å². The number of carbonyl (C=O) groups excluding carboxylic acids is 2. The van der Waals surface area contributed by atoms with E-state index in [1.807, 2.05) is 10.3 Å². The first kappa shape index (κ1) is 14.1. The Bertz CT molecular complexity index is 567. The average Bonchev–Trinajstić information content (AvgIpc) is 2.35. The standard InChI is InChI=1S/C10H12N2O5S/c1-7(13)11-12-18(15,16)9-6-4-3-5-8(9)10(14)17-2/h3-6,12H,1-2H3,(H,11,13). The maximum atomic E-state index is 11.8. The number of sulfonamides is 1. The predicted octanol–water partition coefficient (Wildman–Crippen LogP) is -0.197. The van der Waals surface area contributed by atoms with Crippen LogP contribution in [0.4, 0.5) is 0 Å². The second kappa shape index (κ2) is 5.61. The first-order chi connectivity index (χ1) is 8.38. The first-order valence-corrected chi connectivity index (χ1v) is 6.32. The topological polar surface area (TPSA) is 102 Å². The molecule has 0 radical (unpaired) electrons. The van der Waals surface area contributed by atoms with Crippen molar-refractivity contribution in [1.82, 2.24) is 10.3 Å². The van der Waals surface area contributed by atoms with E-state index >= 15 is 0 Å². The fourth-order valence-electron chi connectivity index (χ4n) is 1.17. The van der Waals surface area contributed by atoms with E-state index in [0.717, 1.165) is 14.0 Å². The van der Waals surface area contributed by atoms with Gasteiger partial charge in [0.05, 0.1) is 17.6 Å². The number of rotatable bonds is 4. The monoisotopic (exact) mass is 272 g/mol. The van der Waals surface area contributed by atoms with Crippen LogP contribution in [0.5, 0.6) is 0 Å². The molecule has 0 fully saturated rings. The zero-order chi connectivity index (χ0) is 13.8. The lowest BCUT2D eigenvalue weighted by Gasteiger charge is -2.09. The largest absolute Gasteiger partial charge is 0.465 e. The Hall–Kier alpha value is -1.93. The van der Waals surface area contributed by atoms with Crippen molar-refractivity contribution in [3.05, 3.63) is 29.8 Å². The van der Waals surface area contributed by atoms with E-state index in [2.05, 4.69) is 4.74 Å². The molecular weight excluding hydrogens is 260 g/mol. The van der Waals surface area contributed by atoms with Crippen LogP contribution >= 0.6 is 0 Å². The maximum Gasteiger partial charge on any atom is 0.339 e. The van der Waals surface area contributed by atoms with E-state index < -0.39 is 21.9 Å². The summed E-state index contributed by atoms with van der Waals surface area (Å²) in [7, 11) is -2.88. The number of methoxy groups -OCH3 is 1. The minimum atomic E-state index is -4.02. The van der Waals surface area contributed by atoms with Gasteiger partial charge in [0.1, 0.15) is 0 Å². The van der Waals surface area contributed by atoms with Gasteiger partial charge in [-0.15, -0.1) is 4.83 Å². The van der Waals surface area contributed by atoms with Gasteiger partial charge in [-0.05, 0) is 12.1 Å². The second-order valence-corrected chi connectivity index (χ2v) is 4.93. The molecule has 98 valence electrons. The smallest absolute Gasteiger partial charge is 0.339 e. The third-order valence-electron chi connectivity index (χ3n) is 1.94. The van der Waals surface area contributed by atoms with Crippen molar-refractivity contribution in [3.63, 3.8) is 0 Å². The molecule has 0 aromatic heterocycles. The molecule has 0 aliphatic rings. The number of nitrogens with one attached hydrogen (secondary N) is 2. The van der Waals surface area contributed by atoms with Gasteiger partial charge in [0, 0.05) is 6.92 Å². The lowest BCUT2D eigenvalue weighted by molar-refractivity contribution is -0.119. The molecule has 1 aromatic carbocycles. The van der Waals surface area contributed by atoms with E-state index in [9.17, 15) is 18.0 Å². The fraction of sp³-hybridized carbons (Fsp3) is 0.200. The molecule has 0 saturated carbocycles. The third-order valence-corrected chi connectivity index (χ3v) is 3.25. The highest BCUT2D eigenvalue weighted by Gasteiger charge is 2.22. The van der Waals surface area contributed by atoms with Gasteiger partial charge < -0.3 is 4.74 Å². The van der Waals surface area contributed by atoms with E-state index in [-0.39, 0.29) is 10.5 Å². The van der Waals surface area contributed by atoms with Crippen LogP contribution in [0, 0.1) is 0 Å². The number of carbonyl (C=O) groups is 2. The van der Waals surface area contributed by atoms with E-state index in [0.29, 0.717) is 0 Å². The Morgan fingerprint density at radius 3 is 2.39 bits per heavy atom. The molecule has 0 bridgehead atoms. The molecule has 0 aliphatic heterocycles. The summed E-state index contributed by atoms with van der Waals surface area (Å²) in [5, 5.41) is 0. The lowest BCUT2D eigenvalue weighted by atomic mass is 10.2. The Morgan fingerprint density at radius 2 is 1.83 bits per heavy atom. The zero-order valence-corrected chi connectivity index (χ0v) is 10.6. The van der Waals surface area contributed by atoms with E-state index in [1.165, 1.54) is 24.3 Å². The van der Waals surface area contributed by atoms with Gasteiger partial charge in [-0.2, -0.15) is 0 Å². The number of ether oxygens (including phenoxy) is 1. The van der Waals surface area contributed by atoms with Gasteiger partial charge in [-0.1, -0.05) is 12.1 Å². The zero-order valence-electron chi connectivity index (χ0n) is 9.76. The molecule has 0 unspecified atom stereocenters. The molecule has 0 atom stereocenters. The summed E-state index contributed by atoms with van der Waals surface area (Å²) >= 11 is 0. The lowest BCUT2D eigenvalue weighted by Crippen LogP contribution is -2.40. The summed E-state index contributed by atoms with van der Waals surface area (Å²) in [6.45, 7) is 1.15. The average molecular weight is 272 g/mol. The summed E-state index contributed by atoms with van der Waals surface area (Å²) in [6, 6.07) is 5.50. The van der Waals surface area contributed by atoms with Crippen LogP contribution in [0.25, 0.3) is 0 Å². The van der Waals surface area contributed by atoms with Crippen LogP contribution in [0.1, 0.15) is 17.3 Å². The third kappa shape index (κ3) is 3.28. The molecule has 1 aromatic rings. The molecule has 0 spiro atoms. The summed E-state index contributed by atoms with van der Waals surface area (Å²) in [5.41, 5.74) is 1.83. The van der Waals surface area contributed by atoms with Gasteiger partial charge in [0.2, 0.25) is 5.91 Å². The molecular formula is C10H12N2O5S. The molecule has 18 heavy (non-hydrogen) atoms. The van der Waals surface area contributed by atoms with Crippen LogP contribution in [-0.2, 0) is 19.6 Å². The summed E-state index contributed by atoms with van der Waals surface area (Å²) in [4.78, 5) is 23.7. The Labute approximate surface area is 104 Å². The van der Waals surface area contributed by atoms with Crippen molar-refractivity contribution < 1.29 is 22.7 Å². The van der Waals surface area contributed by atoms with Crippen molar-refractivity contribution in [2.75, 3.05) is 7.11 Å². The molecule has 7 nitrogen and oxygen atoms in total. The van der Waals surface area contributed by atoms with Gasteiger partial charge >= 0.3 is 5.97 Å². The fourth-order valence-corrected chi connectivity index (χ4v) is 2.26. The minimum absolute atomic E-state index is 0.113. The predicted molar refractivity (Wildman–Crippen MR) is 61.9 cm³/mol. The van der Waals surface area contributed by atoms with Crippen LogP contribution < -0.4 is 10.3 Å². The molecule has 1 rings (SSSR count). The highest BCUT2D eigenvalue weighted by atomic mass is 32.2. The molecule has 0 saturated heterocycles. The van der Waals surface area contributed by atoms with Crippen LogP contribution in [0.15, 0.2) is 29.2 Å². The van der Waals surface area contributed by atoms with Crippen LogP contribution in [0.2, 0.25) is 0 Å². The number of esters is 1. The molecule has 0 aliphatic carbocycles. The Kier molecular flexibility index (Phi) is 4.40. The highest BCUT2D eigenvalue weighted by molar-refractivity contribution is 7.89. The summed E-state index contributed by atoms with van der Waals surface area (Å²) in [5.74, 6) is -1.35. The summed E-state index contributed by atoms with van der Waals surface area (Å²) in [6.07, 6.45) is 0. The maximum absolute atomic E-state index is 11.8. The Balaban J connectivity index is 3.16. The van der Waals surface area contributed by atoms with Crippen molar-refractivity contribution >= 4 is 21.9 Å². The quantitative estimate of drug-likeness (QED) is 0.584. The molecule has 1 amide bonds. The second-order valence-electron chi connectivity index (χ2n) is 3.27. The van der Waals surface area contributed by atoms with Crippen LogP contribution in [0.3, 0.4) is 0 Å². The number of hydrogen-bond acceptors (Lipinski definition) is 5. The molecule has 8 heteroatoms. The SMILES string of the molecule is COC(=O)c1ccccc1S(=O)(=O)NNC(C)=O. The number of hydrogen-bond donors (Lipinski definition) is 2. The van der Waals surface area contributed by atoms with Gasteiger partial charge in [0.15, 0.2) is 0 Å². The summed E-state index contributed by atoms with van der Waals surface area (Å²) < 4.78 is 28.2. The van der Waals surface area contributed by atoms with Crippen molar-refractivity contribution in [2.45, 2.75) is 11.8 Å². The van der Waals surface area contributed by atoms with E-state index in [1.54, 1.807) is 0 Å². The minimum Gasteiger partial charge on any atom is -0.465 e. The van der Waals surface area contributed by atoms with Crippen molar-refractivity contribution in [1.29, 1.82) is 0 Å². The first-order valence-electron chi connectivity index (χ1n) is 4.84. The van der Waals surface area contributed by atoms with Crippen molar-refractivity contribution in [3.8, 4) is 0 Å². The number of amides is 1. The number of hydrazine groups is 1. The molecule has 2 N–H and O–H groups in total. The number of benzene rings is 1. The highest BCUT2D eigenvalue weighted by Crippen LogP contribution is 2.15. The molecule has 0 heterocycles. The Morgan fingerprint density at radius 1 is 1.22 bits per heavy atom. The van der Waals surface area contributed by atoms with Gasteiger partial charge in [-0.25, -0.2) is 13.2 Å². The van der Waals surface area contributed by atoms with Crippen LogP contribution in [-0.4, -0.2) is 27.4 Å². The normalized spacial score (nSPS) is 10.8. The van der Waals surface area contributed by atoms with Gasteiger partial charge in [0.25, 0.3) is 10.0 Å². The van der Waals surface area contributed by atoms with Gasteiger partial charge in [-0.3, -0.25) is 10.2 Å². The van der Waals surface area contributed by atoms with Crippen molar-refractivity contribution in [2.24, 2.45) is 0 Å².